The number of carbonyl (C=O) groups excluding carboxylic acids is 1. The molecule has 0 aromatic carbocycles. The standard InChI is InChI=1S/C10H11NO5S2/c12-9(6-3-4-18(15,16)5-6)11-8-2-1-7(17-8)10(13)14/h1-2,6H,3-5H2,(H,11,12)(H,13,14). The van der Waals surface area contributed by atoms with E-state index in [0.29, 0.717) is 11.4 Å². The molecule has 0 bridgehead atoms. The number of carbonyl (C=O) groups is 2. The van der Waals surface area contributed by atoms with E-state index in [2.05, 4.69) is 5.32 Å². The maximum Gasteiger partial charge on any atom is 0.345 e. The van der Waals surface area contributed by atoms with Gasteiger partial charge in [0, 0.05) is 0 Å². The Balaban J connectivity index is 2.01. The molecule has 2 rings (SSSR count). The SMILES string of the molecule is O=C(O)c1ccc(NC(=O)C2CCS(=O)(=O)C2)s1. The molecule has 1 aliphatic rings. The number of carboxylic acids is 1. The molecule has 1 atom stereocenters. The zero-order valence-corrected chi connectivity index (χ0v) is 10.9. The summed E-state index contributed by atoms with van der Waals surface area (Å²) >= 11 is 0.947. The zero-order valence-electron chi connectivity index (χ0n) is 9.25. The summed E-state index contributed by atoms with van der Waals surface area (Å²) in [6.45, 7) is 0. The van der Waals surface area contributed by atoms with Gasteiger partial charge >= 0.3 is 5.97 Å². The highest BCUT2D eigenvalue weighted by Gasteiger charge is 2.33. The smallest absolute Gasteiger partial charge is 0.345 e. The highest BCUT2D eigenvalue weighted by Crippen LogP contribution is 2.25. The van der Waals surface area contributed by atoms with Crippen molar-refractivity contribution in [1.82, 2.24) is 0 Å². The van der Waals surface area contributed by atoms with Crippen LogP contribution >= 0.6 is 11.3 Å². The fourth-order valence-electron chi connectivity index (χ4n) is 1.75. The van der Waals surface area contributed by atoms with Crippen molar-refractivity contribution < 1.29 is 23.1 Å². The topological polar surface area (TPSA) is 101 Å². The first-order valence-electron chi connectivity index (χ1n) is 5.22. The molecule has 2 N–H and O–H groups in total. The van der Waals surface area contributed by atoms with Crippen LogP contribution in [0.25, 0.3) is 0 Å². The molecule has 0 aliphatic carbocycles. The summed E-state index contributed by atoms with van der Waals surface area (Å²) < 4.78 is 22.5. The molecule has 6 nitrogen and oxygen atoms in total. The molecule has 1 aromatic heterocycles. The molecular formula is C10H11NO5S2. The van der Waals surface area contributed by atoms with Crippen molar-refractivity contribution in [3.8, 4) is 0 Å². The number of hydrogen-bond acceptors (Lipinski definition) is 5. The van der Waals surface area contributed by atoms with Gasteiger partial charge in [-0.25, -0.2) is 13.2 Å². The highest BCUT2D eigenvalue weighted by atomic mass is 32.2. The van der Waals surface area contributed by atoms with E-state index in [4.69, 9.17) is 5.11 Å². The molecular weight excluding hydrogens is 278 g/mol. The lowest BCUT2D eigenvalue weighted by atomic mass is 10.1. The lowest BCUT2D eigenvalue weighted by Crippen LogP contribution is -2.23. The third kappa shape index (κ3) is 2.88. The molecule has 18 heavy (non-hydrogen) atoms. The first-order valence-corrected chi connectivity index (χ1v) is 7.85. The Morgan fingerprint density at radius 1 is 1.39 bits per heavy atom. The third-order valence-electron chi connectivity index (χ3n) is 2.67. The van der Waals surface area contributed by atoms with Crippen LogP contribution in [0.4, 0.5) is 5.00 Å². The maximum absolute atomic E-state index is 11.8. The summed E-state index contributed by atoms with van der Waals surface area (Å²) in [5.41, 5.74) is 0. The van der Waals surface area contributed by atoms with Crippen molar-refractivity contribution in [3.63, 3.8) is 0 Å². The summed E-state index contributed by atoms with van der Waals surface area (Å²) in [4.78, 5) is 22.6. The molecule has 1 aliphatic heterocycles. The van der Waals surface area contributed by atoms with Crippen LogP contribution in [0.3, 0.4) is 0 Å². The maximum atomic E-state index is 11.8. The van der Waals surface area contributed by atoms with E-state index in [1.807, 2.05) is 0 Å². The van der Waals surface area contributed by atoms with Crippen LogP contribution in [0.1, 0.15) is 16.1 Å². The van der Waals surface area contributed by atoms with Crippen LogP contribution < -0.4 is 5.32 Å². The van der Waals surface area contributed by atoms with E-state index in [9.17, 15) is 18.0 Å². The van der Waals surface area contributed by atoms with E-state index in [-0.39, 0.29) is 22.3 Å². The first-order chi connectivity index (χ1) is 8.37. The van der Waals surface area contributed by atoms with Crippen molar-refractivity contribution >= 4 is 38.1 Å². The van der Waals surface area contributed by atoms with Crippen molar-refractivity contribution in [2.24, 2.45) is 5.92 Å². The molecule has 0 spiro atoms. The number of thiophene rings is 1. The largest absolute Gasteiger partial charge is 0.477 e. The number of rotatable bonds is 3. The van der Waals surface area contributed by atoms with Crippen molar-refractivity contribution in [2.75, 3.05) is 16.8 Å². The molecule has 0 saturated carbocycles. The third-order valence-corrected chi connectivity index (χ3v) is 5.42. The Kier molecular flexibility index (Phi) is 3.40. The minimum atomic E-state index is -3.09. The quantitative estimate of drug-likeness (QED) is 0.858. The van der Waals surface area contributed by atoms with Gasteiger partial charge in [-0.15, -0.1) is 11.3 Å². The van der Waals surface area contributed by atoms with Crippen molar-refractivity contribution in [1.29, 1.82) is 0 Å². The summed E-state index contributed by atoms with van der Waals surface area (Å²) in [6.07, 6.45) is 0.325. The molecule has 2 heterocycles. The second-order valence-electron chi connectivity index (χ2n) is 4.06. The molecule has 8 heteroatoms. The fourth-order valence-corrected chi connectivity index (χ4v) is 4.23. The Morgan fingerprint density at radius 3 is 2.61 bits per heavy atom. The lowest BCUT2D eigenvalue weighted by molar-refractivity contribution is -0.119. The summed E-state index contributed by atoms with van der Waals surface area (Å²) in [6, 6.07) is 2.89. The summed E-state index contributed by atoms with van der Waals surface area (Å²) in [7, 11) is -3.09. The second-order valence-corrected chi connectivity index (χ2v) is 7.37. The summed E-state index contributed by atoms with van der Waals surface area (Å²) in [5.74, 6) is -2.05. The predicted octanol–water partition coefficient (Wildman–Crippen LogP) is 0.819. The minimum Gasteiger partial charge on any atom is -0.477 e. The van der Waals surface area contributed by atoms with Gasteiger partial charge in [-0.1, -0.05) is 0 Å². The van der Waals surface area contributed by atoms with E-state index in [1.165, 1.54) is 12.1 Å². The molecule has 1 aromatic rings. The van der Waals surface area contributed by atoms with E-state index in [0.717, 1.165) is 11.3 Å². The van der Waals surface area contributed by atoms with Gasteiger partial charge in [0.1, 0.15) is 4.88 Å². The molecule has 1 saturated heterocycles. The number of nitrogens with one attached hydrogen (secondary N) is 1. The van der Waals surface area contributed by atoms with E-state index >= 15 is 0 Å². The number of carboxylic acid groups (broad SMARTS) is 1. The van der Waals surface area contributed by atoms with Crippen LogP contribution in [-0.2, 0) is 14.6 Å². The van der Waals surface area contributed by atoms with Crippen LogP contribution in [0, 0.1) is 5.92 Å². The van der Waals surface area contributed by atoms with Crippen LogP contribution in [0.2, 0.25) is 0 Å². The van der Waals surface area contributed by atoms with Gasteiger partial charge in [-0.05, 0) is 18.6 Å². The van der Waals surface area contributed by atoms with Crippen molar-refractivity contribution in [3.05, 3.63) is 17.0 Å². The van der Waals surface area contributed by atoms with E-state index < -0.39 is 21.7 Å². The van der Waals surface area contributed by atoms with Gasteiger partial charge in [-0.2, -0.15) is 0 Å². The lowest BCUT2D eigenvalue weighted by Gasteiger charge is -2.06. The zero-order chi connectivity index (χ0) is 13.3. The first kappa shape index (κ1) is 13.0. The monoisotopic (exact) mass is 289 g/mol. The van der Waals surface area contributed by atoms with Crippen molar-refractivity contribution in [2.45, 2.75) is 6.42 Å². The molecule has 1 unspecified atom stereocenters. The molecule has 1 fully saturated rings. The Morgan fingerprint density at radius 2 is 2.11 bits per heavy atom. The average Bonchev–Trinajstić information content (AvgIpc) is 2.84. The predicted molar refractivity (Wildman–Crippen MR) is 66.7 cm³/mol. The second kappa shape index (κ2) is 4.69. The van der Waals surface area contributed by atoms with Crippen LogP contribution in [0.15, 0.2) is 12.1 Å². The van der Waals surface area contributed by atoms with E-state index in [1.54, 1.807) is 0 Å². The fraction of sp³-hybridized carbons (Fsp3) is 0.400. The number of aromatic carboxylic acids is 1. The highest BCUT2D eigenvalue weighted by molar-refractivity contribution is 7.91. The molecule has 1 amide bonds. The number of anilines is 1. The minimum absolute atomic E-state index is 0.0376. The molecule has 98 valence electrons. The number of hydrogen-bond donors (Lipinski definition) is 2. The average molecular weight is 289 g/mol. The van der Waals surface area contributed by atoms with Gasteiger partial charge in [0.05, 0.1) is 22.4 Å². The van der Waals surface area contributed by atoms with Crippen LogP contribution in [0.5, 0.6) is 0 Å². The van der Waals surface area contributed by atoms with Gasteiger partial charge in [-0.3, -0.25) is 4.79 Å². The number of sulfone groups is 1. The van der Waals surface area contributed by atoms with Gasteiger partial charge in [0.15, 0.2) is 9.84 Å². The van der Waals surface area contributed by atoms with Crippen LogP contribution in [-0.4, -0.2) is 36.9 Å². The van der Waals surface area contributed by atoms with Gasteiger partial charge in [0.25, 0.3) is 0 Å². The Labute approximate surface area is 108 Å². The Hall–Kier alpha value is -1.41. The van der Waals surface area contributed by atoms with Gasteiger partial charge < -0.3 is 10.4 Å². The van der Waals surface area contributed by atoms with Gasteiger partial charge in [0.2, 0.25) is 5.91 Å². The normalized spacial score (nSPS) is 21.7. The number of amides is 1. The Bertz CT molecular complexity index is 589. The summed E-state index contributed by atoms with van der Waals surface area (Å²) in [5, 5.41) is 11.7. The molecule has 0 radical (unpaired) electrons.